The molecule has 0 radical (unpaired) electrons. The van der Waals surface area contributed by atoms with Crippen LogP contribution in [0.1, 0.15) is 112 Å². The predicted molar refractivity (Wildman–Crippen MR) is 219 cm³/mol. The lowest BCUT2D eigenvalue weighted by molar-refractivity contribution is -0.196. The fraction of sp³-hybridized carbons (Fsp3) is 0.744. The lowest BCUT2D eigenvalue weighted by atomic mass is 9.44. The van der Waals surface area contributed by atoms with E-state index in [4.69, 9.17) is 40.1 Å². The Morgan fingerprint density at radius 2 is 1.02 bits per heavy atom. The van der Waals surface area contributed by atoms with Gasteiger partial charge in [0.15, 0.2) is 28.5 Å². The maximum atomic E-state index is 15.6. The van der Waals surface area contributed by atoms with Gasteiger partial charge in [-0.05, 0) is 44.1 Å². The largest absolute Gasteiger partial charge is 0.481 e. The van der Waals surface area contributed by atoms with Crippen molar-refractivity contribution in [1.29, 1.82) is 0 Å². The lowest BCUT2D eigenvalue weighted by Gasteiger charge is -2.58. The van der Waals surface area contributed by atoms with Gasteiger partial charge in [-0.2, -0.15) is 0 Å². The van der Waals surface area contributed by atoms with E-state index in [0.717, 1.165) is 6.92 Å². The van der Waals surface area contributed by atoms with E-state index in [1.165, 1.54) is 27.7 Å². The number of amides is 2. The Morgan fingerprint density at radius 3 is 1.44 bits per heavy atom. The number of carbonyl (C=O) groups excluding carboxylic acids is 6. The smallest absolute Gasteiger partial charge is 0.338 e. The van der Waals surface area contributed by atoms with Crippen LogP contribution in [-0.4, -0.2) is 132 Å². The Balaban J connectivity index is 10.1. The summed E-state index contributed by atoms with van der Waals surface area (Å²) in [5, 5.41) is 40.8. The Hall–Kier alpha value is -4.58. The molecule has 0 bridgehead atoms. The van der Waals surface area contributed by atoms with Gasteiger partial charge in [-0.15, -0.1) is 0 Å². The summed E-state index contributed by atoms with van der Waals surface area (Å²) in [7, 11) is 0. The van der Waals surface area contributed by atoms with Crippen LogP contribution in [0.4, 0.5) is 0 Å². The standard InChI is InChI=1S/C39H68N8O14/c1-7-8-10-15-37(6,38(32(56)28(45)19(2)3,31(55)23(43)17-26(50)51)30(54)21(41)12-9-11-16-40)39(36(60)61,33(57)29(46)20(4)5)47(35(59)24(44)18-27(52)53)34(58)22(42)13-14-25(48)49/h19-24,28-29H,7-18,40-46H2,1-6H3,(H,48,49)(H,50,51)(H,52,53)(H,60,61). The molecule has 0 aliphatic rings. The normalized spacial score (nSPS) is 17.6. The van der Waals surface area contributed by atoms with Crippen LogP contribution in [0.5, 0.6) is 0 Å². The summed E-state index contributed by atoms with van der Waals surface area (Å²) in [6.07, 6.45) is -5.19. The van der Waals surface area contributed by atoms with E-state index in [1.807, 2.05) is 0 Å². The molecule has 0 aromatic carbocycles. The quantitative estimate of drug-likeness (QED) is 0.0271. The molecule has 0 aliphatic heterocycles. The Morgan fingerprint density at radius 1 is 0.557 bits per heavy atom. The van der Waals surface area contributed by atoms with Gasteiger partial charge in [0.05, 0.1) is 49.1 Å². The lowest BCUT2D eigenvalue weighted by Crippen LogP contribution is -2.83. The van der Waals surface area contributed by atoms with Gasteiger partial charge in [0, 0.05) is 11.8 Å². The monoisotopic (exact) mass is 872 g/mol. The molecule has 61 heavy (non-hydrogen) atoms. The maximum Gasteiger partial charge on any atom is 0.338 e. The molecule has 0 aromatic heterocycles. The van der Waals surface area contributed by atoms with Crippen molar-refractivity contribution >= 4 is 58.8 Å². The summed E-state index contributed by atoms with van der Waals surface area (Å²) in [6, 6.07) is -12.9. The number of imide groups is 1. The van der Waals surface area contributed by atoms with Gasteiger partial charge >= 0.3 is 23.9 Å². The van der Waals surface area contributed by atoms with Crippen molar-refractivity contribution in [2.75, 3.05) is 6.54 Å². The van der Waals surface area contributed by atoms with Crippen LogP contribution < -0.4 is 40.1 Å². The molecule has 0 spiro atoms. The third-order valence-corrected chi connectivity index (χ3v) is 11.2. The molecule has 9 unspecified atom stereocenters. The molecule has 0 aromatic rings. The van der Waals surface area contributed by atoms with Gasteiger partial charge < -0.3 is 60.6 Å². The number of hydrogen-bond donors (Lipinski definition) is 11. The van der Waals surface area contributed by atoms with Crippen LogP contribution >= 0.6 is 0 Å². The zero-order valence-corrected chi connectivity index (χ0v) is 36.0. The minimum atomic E-state index is -4.09. The van der Waals surface area contributed by atoms with Crippen LogP contribution in [0.2, 0.25) is 0 Å². The van der Waals surface area contributed by atoms with Gasteiger partial charge in [-0.25, -0.2) is 4.79 Å². The van der Waals surface area contributed by atoms with E-state index in [-0.39, 0.29) is 43.5 Å². The molecule has 0 aliphatic carbocycles. The second kappa shape index (κ2) is 24.2. The second-order valence-electron chi connectivity index (χ2n) is 16.4. The first kappa shape index (κ1) is 56.4. The maximum absolute atomic E-state index is 15.6. The van der Waals surface area contributed by atoms with E-state index in [1.54, 1.807) is 6.92 Å². The van der Waals surface area contributed by atoms with Gasteiger partial charge in [0.25, 0.3) is 0 Å². The van der Waals surface area contributed by atoms with Crippen LogP contribution in [0.25, 0.3) is 0 Å². The minimum absolute atomic E-state index is 0.0681. The van der Waals surface area contributed by atoms with Gasteiger partial charge in [-0.3, -0.25) is 48.1 Å². The van der Waals surface area contributed by atoms with Crippen molar-refractivity contribution in [2.24, 2.45) is 62.8 Å². The van der Waals surface area contributed by atoms with E-state index >= 15 is 19.2 Å². The Kier molecular flexibility index (Phi) is 22.3. The van der Waals surface area contributed by atoms with Gasteiger partial charge in [0.1, 0.15) is 0 Å². The van der Waals surface area contributed by atoms with Crippen molar-refractivity contribution in [1.82, 2.24) is 4.90 Å². The zero-order chi connectivity index (χ0) is 48.0. The van der Waals surface area contributed by atoms with Crippen molar-refractivity contribution in [3.63, 3.8) is 0 Å². The first-order valence-electron chi connectivity index (χ1n) is 20.2. The topological polar surface area (TPSA) is 437 Å². The second-order valence-corrected chi connectivity index (χ2v) is 16.4. The molecular formula is C39H68N8O14. The Labute approximate surface area is 355 Å². The van der Waals surface area contributed by atoms with Crippen molar-refractivity contribution in [3.05, 3.63) is 0 Å². The summed E-state index contributed by atoms with van der Waals surface area (Å²) in [5.41, 5.74) is 32.4. The summed E-state index contributed by atoms with van der Waals surface area (Å²) in [4.78, 5) is 142. The molecule has 18 N–H and O–H groups in total. The van der Waals surface area contributed by atoms with E-state index in [0.29, 0.717) is 6.42 Å². The fourth-order valence-corrected chi connectivity index (χ4v) is 7.64. The fourth-order valence-electron chi connectivity index (χ4n) is 7.64. The first-order valence-corrected chi connectivity index (χ1v) is 20.2. The van der Waals surface area contributed by atoms with Crippen molar-refractivity contribution in [2.45, 2.75) is 154 Å². The molecule has 22 heteroatoms. The van der Waals surface area contributed by atoms with Crippen molar-refractivity contribution < 1.29 is 68.4 Å². The molecule has 9 atom stereocenters. The van der Waals surface area contributed by atoms with E-state index < -0.39 is 155 Å². The number of carbonyl (C=O) groups is 10. The molecule has 0 heterocycles. The number of nitrogens with zero attached hydrogens (tertiary/aromatic N) is 1. The molecular weight excluding hydrogens is 804 g/mol. The number of hydrogen-bond acceptors (Lipinski definition) is 17. The summed E-state index contributed by atoms with van der Waals surface area (Å²) < 4.78 is 0. The van der Waals surface area contributed by atoms with Crippen LogP contribution in [0.15, 0.2) is 0 Å². The highest BCUT2D eigenvalue weighted by Crippen LogP contribution is 2.58. The number of aliphatic carboxylic acids is 4. The SMILES string of the molecule is CCCCCC(C)(C(C(=O)C(N)CCCCN)(C(=O)C(N)CC(=O)O)C(=O)C(N)C(C)C)C(C(=O)O)(C(=O)C(N)C(C)C)N(C(=O)C(N)CCC(=O)O)C(=O)C(N)CC(=O)O. The Bertz CT molecular complexity index is 1640. The number of Topliss-reactive ketones (excluding diaryl/α,β-unsaturated/α-hetero) is 4. The van der Waals surface area contributed by atoms with E-state index in [2.05, 4.69) is 0 Å². The molecule has 0 saturated heterocycles. The summed E-state index contributed by atoms with van der Waals surface area (Å²) in [5.74, 6) is -20.2. The number of carboxylic acids is 4. The van der Waals surface area contributed by atoms with Gasteiger partial charge in [0.2, 0.25) is 17.4 Å². The number of nitrogens with two attached hydrogens (primary N) is 7. The van der Waals surface area contributed by atoms with Gasteiger partial charge in [-0.1, -0.05) is 67.2 Å². The number of ketones is 4. The molecule has 0 saturated carbocycles. The third-order valence-electron chi connectivity index (χ3n) is 11.2. The summed E-state index contributed by atoms with van der Waals surface area (Å²) in [6.45, 7) is 7.95. The molecule has 0 rings (SSSR count). The highest BCUT2D eigenvalue weighted by atomic mass is 16.4. The number of carboxylic acid groups (broad SMARTS) is 4. The average Bonchev–Trinajstić information content (AvgIpc) is 3.16. The third kappa shape index (κ3) is 12.3. The number of unbranched alkanes of at least 4 members (excludes halogenated alkanes) is 3. The average molecular weight is 873 g/mol. The minimum Gasteiger partial charge on any atom is -0.481 e. The highest BCUT2D eigenvalue weighted by Gasteiger charge is 2.79. The van der Waals surface area contributed by atoms with Crippen LogP contribution in [0, 0.1) is 22.7 Å². The van der Waals surface area contributed by atoms with E-state index in [9.17, 15) is 49.2 Å². The molecule has 2 amide bonds. The number of rotatable bonds is 31. The zero-order valence-electron chi connectivity index (χ0n) is 36.0. The molecule has 348 valence electrons. The first-order chi connectivity index (χ1) is 28.0. The molecule has 0 fully saturated rings. The summed E-state index contributed by atoms with van der Waals surface area (Å²) >= 11 is 0. The molecule has 22 nitrogen and oxygen atoms in total. The van der Waals surface area contributed by atoms with Crippen LogP contribution in [-0.2, 0) is 47.9 Å². The van der Waals surface area contributed by atoms with Crippen LogP contribution in [0.3, 0.4) is 0 Å². The van der Waals surface area contributed by atoms with Crippen molar-refractivity contribution in [3.8, 4) is 0 Å². The highest BCUT2D eigenvalue weighted by molar-refractivity contribution is 6.31. The predicted octanol–water partition coefficient (Wildman–Crippen LogP) is -1.77.